The van der Waals surface area contributed by atoms with Crippen molar-refractivity contribution in [2.75, 3.05) is 0 Å². The summed E-state index contributed by atoms with van der Waals surface area (Å²) in [6.45, 7) is 1.93. The van der Waals surface area contributed by atoms with E-state index in [1.165, 1.54) is 12.1 Å². The highest BCUT2D eigenvalue weighted by Crippen LogP contribution is 2.47. The Labute approximate surface area is 187 Å². The fourth-order valence-corrected chi connectivity index (χ4v) is 6.27. The molecule has 0 bridgehead atoms. The minimum absolute atomic E-state index is 0.196. The van der Waals surface area contributed by atoms with Crippen molar-refractivity contribution >= 4 is 26.8 Å². The second-order valence-electron chi connectivity index (χ2n) is 8.84. The summed E-state index contributed by atoms with van der Waals surface area (Å²) in [6, 6.07) is 12.8. The highest BCUT2D eigenvalue weighted by atomic mass is 32.2. The summed E-state index contributed by atoms with van der Waals surface area (Å²) >= 11 is 0. The molecule has 6 nitrogen and oxygen atoms in total. The second-order valence-corrected chi connectivity index (χ2v) is 10.6. The van der Waals surface area contributed by atoms with E-state index >= 15 is 0 Å². The number of aromatic nitrogens is 1. The van der Waals surface area contributed by atoms with E-state index in [0.29, 0.717) is 25.7 Å². The Morgan fingerprint density at radius 1 is 1.16 bits per heavy atom. The van der Waals surface area contributed by atoms with E-state index in [1.54, 1.807) is 30.3 Å². The monoisotopic (exact) mass is 457 g/mol. The molecule has 0 saturated heterocycles. The first kappa shape index (κ1) is 22.5. The molecule has 1 aliphatic rings. The number of benzene rings is 2. The number of primary amides is 1. The van der Waals surface area contributed by atoms with Crippen molar-refractivity contribution in [2.45, 2.75) is 49.5 Å². The van der Waals surface area contributed by atoms with Crippen LogP contribution in [0.15, 0.2) is 59.6 Å². The fraction of sp³-hybridized carbons (Fsp3) is 0.375. The van der Waals surface area contributed by atoms with Crippen molar-refractivity contribution < 1.29 is 17.6 Å². The smallest absolute Gasteiger partial charge is 0.240 e. The van der Waals surface area contributed by atoms with Gasteiger partial charge in [0.2, 0.25) is 15.9 Å². The van der Waals surface area contributed by atoms with Crippen LogP contribution in [-0.2, 0) is 21.9 Å². The Kier molecular flexibility index (Phi) is 5.85. The van der Waals surface area contributed by atoms with Crippen LogP contribution in [0.1, 0.15) is 44.1 Å². The van der Waals surface area contributed by atoms with Crippen LogP contribution in [0, 0.1) is 11.2 Å². The van der Waals surface area contributed by atoms with Gasteiger partial charge in [0.05, 0.1) is 10.3 Å². The van der Waals surface area contributed by atoms with Gasteiger partial charge in [-0.05, 0) is 73.6 Å². The molecule has 0 spiro atoms. The molecule has 0 unspecified atom stereocenters. The average Bonchev–Trinajstić information content (AvgIpc) is 3.14. The molecule has 1 amide bonds. The van der Waals surface area contributed by atoms with Crippen LogP contribution in [-0.4, -0.2) is 24.9 Å². The third-order valence-corrected chi connectivity index (χ3v) is 8.57. The lowest BCUT2D eigenvalue weighted by Crippen LogP contribution is -2.48. The molecule has 8 heteroatoms. The van der Waals surface area contributed by atoms with Crippen LogP contribution in [0.4, 0.5) is 4.39 Å². The third kappa shape index (κ3) is 4.04. The van der Waals surface area contributed by atoms with Gasteiger partial charge in [0.15, 0.2) is 0 Å². The minimum Gasteiger partial charge on any atom is -0.369 e. The molecule has 4 rings (SSSR count). The number of nitrogens with one attached hydrogen (secondary N) is 1. The van der Waals surface area contributed by atoms with Crippen molar-refractivity contribution in [3.05, 3.63) is 66.1 Å². The molecule has 1 fully saturated rings. The van der Waals surface area contributed by atoms with Gasteiger partial charge in [-0.15, -0.1) is 0 Å². The Hall–Kier alpha value is -2.71. The van der Waals surface area contributed by atoms with E-state index < -0.39 is 21.3 Å². The van der Waals surface area contributed by atoms with Crippen LogP contribution in [0.5, 0.6) is 0 Å². The minimum atomic E-state index is -3.69. The number of carbonyl (C=O) groups is 1. The number of fused-ring (bicyclic) bond motifs is 1. The first-order valence-corrected chi connectivity index (χ1v) is 12.2. The first-order chi connectivity index (χ1) is 15.1. The maximum absolute atomic E-state index is 13.3. The summed E-state index contributed by atoms with van der Waals surface area (Å²) in [5.74, 6) is -0.926. The molecule has 1 heterocycles. The zero-order chi connectivity index (χ0) is 23.1. The summed E-state index contributed by atoms with van der Waals surface area (Å²) in [7, 11) is -1.78. The molecule has 3 aromatic rings. The predicted molar refractivity (Wildman–Crippen MR) is 122 cm³/mol. The number of aryl methyl sites for hydroxylation is 1. The number of nitrogens with two attached hydrogens (primary N) is 1. The molecule has 1 atom stereocenters. The van der Waals surface area contributed by atoms with Gasteiger partial charge < -0.3 is 10.3 Å². The third-order valence-electron chi connectivity index (χ3n) is 7.06. The van der Waals surface area contributed by atoms with Crippen molar-refractivity contribution in [1.29, 1.82) is 0 Å². The largest absolute Gasteiger partial charge is 0.369 e. The highest BCUT2D eigenvalue weighted by Gasteiger charge is 2.45. The van der Waals surface area contributed by atoms with Crippen LogP contribution >= 0.6 is 0 Å². The maximum Gasteiger partial charge on any atom is 0.240 e. The SMILES string of the molecule is C[C@H](c1ccc(F)cc1)C1(C(N)=O)CCC(NS(=O)(=O)c2ccc3c(ccn3C)c2)CC1. The number of hydrogen-bond acceptors (Lipinski definition) is 3. The lowest BCUT2D eigenvalue weighted by Gasteiger charge is -2.42. The van der Waals surface area contributed by atoms with Gasteiger partial charge in [-0.25, -0.2) is 17.5 Å². The van der Waals surface area contributed by atoms with Gasteiger partial charge >= 0.3 is 0 Å². The van der Waals surface area contributed by atoms with Crippen molar-refractivity contribution in [3.63, 3.8) is 0 Å². The normalized spacial score (nSPS) is 22.7. The van der Waals surface area contributed by atoms with Gasteiger partial charge in [0.1, 0.15) is 5.82 Å². The lowest BCUT2D eigenvalue weighted by molar-refractivity contribution is -0.131. The molecule has 1 saturated carbocycles. The molecule has 170 valence electrons. The number of carbonyl (C=O) groups excluding carboxylic acids is 1. The lowest BCUT2D eigenvalue weighted by atomic mass is 9.63. The van der Waals surface area contributed by atoms with E-state index in [-0.39, 0.29) is 22.7 Å². The van der Waals surface area contributed by atoms with Crippen LogP contribution < -0.4 is 10.5 Å². The topological polar surface area (TPSA) is 94.2 Å². The number of amides is 1. The van der Waals surface area contributed by atoms with Crippen molar-refractivity contribution in [1.82, 2.24) is 9.29 Å². The zero-order valence-corrected chi connectivity index (χ0v) is 19.0. The maximum atomic E-state index is 13.3. The molecule has 0 radical (unpaired) electrons. The molecule has 3 N–H and O–H groups in total. The standard InChI is InChI=1S/C24H28FN3O3S/c1-16(17-3-5-19(25)6-4-17)24(23(26)29)12-9-20(10-13-24)27-32(30,31)21-7-8-22-18(15-21)11-14-28(22)2/h3-8,11,14-16,20,27H,9-10,12-13H2,1-2H3,(H2,26,29)/t16-,20?,24?/m1/s1. The van der Waals surface area contributed by atoms with Crippen molar-refractivity contribution in [2.24, 2.45) is 18.2 Å². The molecule has 0 aliphatic heterocycles. The predicted octanol–water partition coefficient (Wildman–Crippen LogP) is 3.81. The number of rotatable bonds is 6. The molecule has 1 aromatic heterocycles. The Balaban J connectivity index is 1.49. The zero-order valence-electron chi connectivity index (χ0n) is 18.2. The number of nitrogens with zero attached hydrogens (tertiary/aromatic N) is 1. The van der Waals surface area contributed by atoms with Crippen LogP contribution in [0.25, 0.3) is 10.9 Å². The summed E-state index contributed by atoms with van der Waals surface area (Å²) < 4.78 is 44.0. The quantitative estimate of drug-likeness (QED) is 0.589. The van der Waals surface area contributed by atoms with E-state index in [0.717, 1.165) is 16.5 Å². The van der Waals surface area contributed by atoms with Crippen LogP contribution in [0.2, 0.25) is 0 Å². The van der Waals surface area contributed by atoms with Crippen molar-refractivity contribution in [3.8, 4) is 0 Å². The molecule has 2 aromatic carbocycles. The van der Waals surface area contributed by atoms with Gasteiger partial charge in [-0.3, -0.25) is 4.79 Å². The van der Waals surface area contributed by atoms with Gasteiger partial charge in [0, 0.05) is 30.2 Å². The van der Waals surface area contributed by atoms with Crippen LogP contribution in [0.3, 0.4) is 0 Å². The Morgan fingerprint density at radius 3 is 2.44 bits per heavy atom. The number of sulfonamides is 1. The van der Waals surface area contributed by atoms with E-state index in [4.69, 9.17) is 5.73 Å². The summed E-state index contributed by atoms with van der Waals surface area (Å²) in [6.07, 6.45) is 3.82. The van der Waals surface area contributed by atoms with E-state index in [1.807, 2.05) is 30.8 Å². The molecular weight excluding hydrogens is 429 g/mol. The number of hydrogen-bond donors (Lipinski definition) is 2. The van der Waals surface area contributed by atoms with Gasteiger partial charge in [-0.2, -0.15) is 0 Å². The average molecular weight is 458 g/mol. The Morgan fingerprint density at radius 2 is 1.81 bits per heavy atom. The number of halogens is 1. The summed E-state index contributed by atoms with van der Waals surface area (Å²) in [4.78, 5) is 12.7. The summed E-state index contributed by atoms with van der Waals surface area (Å²) in [5, 5.41) is 0.861. The fourth-order valence-electron chi connectivity index (χ4n) is 4.93. The first-order valence-electron chi connectivity index (χ1n) is 10.8. The molecule has 1 aliphatic carbocycles. The van der Waals surface area contributed by atoms with Gasteiger partial charge in [-0.1, -0.05) is 19.1 Å². The summed E-state index contributed by atoms with van der Waals surface area (Å²) in [5.41, 5.74) is 6.85. The molecule has 32 heavy (non-hydrogen) atoms. The molecular formula is C24H28FN3O3S. The van der Waals surface area contributed by atoms with Gasteiger partial charge in [0.25, 0.3) is 0 Å². The van der Waals surface area contributed by atoms with E-state index in [2.05, 4.69) is 4.72 Å². The van der Waals surface area contributed by atoms with E-state index in [9.17, 15) is 17.6 Å². The Bertz CT molecular complexity index is 1240. The second kappa shape index (κ2) is 8.33. The highest BCUT2D eigenvalue weighted by molar-refractivity contribution is 7.89.